The predicted molar refractivity (Wildman–Crippen MR) is 97.6 cm³/mol. The van der Waals surface area contributed by atoms with Crippen LogP contribution in [0.3, 0.4) is 0 Å². The lowest BCUT2D eigenvalue weighted by Crippen LogP contribution is -2.67. The van der Waals surface area contributed by atoms with E-state index in [2.05, 4.69) is 13.8 Å². The van der Waals surface area contributed by atoms with Gasteiger partial charge in [-0.25, -0.2) is 4.79 Å². The normalized spacial score (nSPS) is 41.5. The maximum atomic E-state index is 12.9. The highest BCUT2D eigenvalue weighted by molar-refractivity contribution is 5.85. The van der Waals surface area contributed by atoms with Crippen molar-refractivity contribution in [3.8, 4) is 0 Å². The number of hydrogen-bond donors (Lipinski definition) is 1. The van der Waals surface area contributed by atoms with Gasteiger partial charge in [0.25, 0.3) is 5.79 Å². The third-order valence-electron chi connectivity index (χ3n) is 6.53. The average Bonchev–Trinajstić information content (AvgIpc) is 2.63. The van der Waals surface area contributed by atoms with Crippen LogP contribution in [0.1, 0.15) is 53.9 Å². The molecule has 1 saturated carbocycles. The van der Waals surface area contributed by atoms with E-state index in [4.69, 9.17) is 18.9 Å². The van der Waals surface area contributed by atoms with Crippen molar-refractivity contribution < 1.29 is 33.6 Å². The zero-order chi connectivity index (χ0) is 20.6. The molecule has 156 valence electrons. The Morgan fingerprint density at radius 2 is 1.78 bits per heavy atom. The number of ether oxygens (including phenoxy) is 4. The van der Waals surface area contributed by atoms with Gasteiger partial charge in [-0.3, -0.25) is 4.79 Å². The molecule has 2 aliphatic rings. The van der Waals surface area contributed by atoms with Crippen LogP contribution in [0.5, 0.6) is 0 Å². The predicted octanol–water partition coefficient (Wildman–Crippen LogP) is 2.29. The zero-order valence-corrected chi connectivity index (χ0v) is 17.5. The van der Waals surface area contributed by atoms with Crippen LogP contribution in [0.4, 0.5) is 0 Å². The van der Waals surface area contributed by atoms with Crippen LogP contribution in [0, 0.1) is 23.7 Å². The largest absolute Gasteiger partial charge is 0.425 e. The number of aliphatic hydroxyl groups excluding tert-OH is 1. The molecule has 1 aliphatic heterocycles. The lowest BCUT2D eigenvalue weighted by molar-refractivity contribution is -0.411. The highest BCUT2D eigenvalue weighted by Crippen LogP contribution is 2.47. The van der Waals surface area contributed by atoms with Crippen molar-refractivity contribution in [2.24, 2.45) is 23.7 Å². The number of hydrogen-bond acceptors (Lipinski definition) is 7. The molecule has 27 heavy (non-hydrogen) atoms. The summed E-state index contributed by atoms with van der Waals surface area (Å²) in [6.45, 7) is 9.18. The molecule has 7 heteroatoms. The Kier molecular flexibility index (Phi) is 6.72. The van der Waals surface area contributed by atoms with Crippen molar-refractivity contribution in [3.05, 3.63) is 0 Å². The van der Waals surface area contributed by atoms with E-state index in [0.29, 0.717) is 19.3 Å². The number of rotatable bonds is 6. The van der Waals surface area contributed by atoms with Crippen molar-refractivity contribution in [1.82, 2.24) is 0 Å². The van der Waals surface area contributed by atoms with Gasteiger partial charge >= 0.3 is 5.97 Å². The summed E-state index contributed by atoms with van der Waals surface area (Å²) in [4.78, 5) is 25.6. The summed E-state index contributed by atoms with van der Waals surface area (Å²) in [5.74, 6) is -4.26. The minimum absolute atomic E-state index is 0.0261. The van der Waals surface area contributed by atoms with Gasteiger partial charge in [0, 0.05) is 39.4 Å². The first-order valence-electron chi connectivity index (χ1n) is 9.77. The molecule has 0 aromatic heterocycles. The number of cyclic esters (lactones) is 1. The fourth-order valence-corrected chi connectivity index (χ4v) is 4.50. The second kappa shape index (κ2) is 8.15. The van der Waals surface area contributed by atoms with E-state index in [1.807, 2.05) is 6.92 Å². The fourth-order valence-electron chi connectivity index (χ4n) is 4.50. The maximum absolute atomic E-state index is 12.9. The number of carbonyl (C=O) groups excluding carboxylic acids is 2. The van der Waals surface area contributed by atoms with Crippen molar-refractivity contribution in [2.45, 2.75) is 77.7 Å². The minimum Gasteiger partial charge on any atom is -0.425 e. The molecule has 0 bridgehead atoms. The number of aliphatic hydroxyl groups is 1. The van der Waals surface area contributed by atoms with Crippen molar-refractivity contribution in [1.29, 1.82) is 0 Å². The molecule has 0 spiro atoms. The summed E-state index contributed by atoms with van der Waals surface area (Å²) in [6.07, 6.45) is -0.352. The first-order valence-corrected chi connectivity index (χ1v) is 9.77. The molecule has 1 saturated heterocycles. The molecular weight excluding hydrogens is 352 g/mol. The zero-order valence-electron chi connectivity index (χ0n) is 17.5. The third kappa shape index (κ3) is 3.79. The highest BCUT2D eigenvalue weighted by Gasteiger charge is 2.61. The first-order chi connectivity index (χ1) is 12.5. The smallest absolute Gasteiger partial charge is 0.338 e. The second-order valence-corrected chi connectivity index (χ2v) is 8.25. The van der Waals surface area contributed by atoms with Gasteiger partial charge < -0.3 is 24.1 Å². The van der Waals surface area contributed by atoms with Crippen LogP contribution in [0.15, 0.2) is 0 Å². The quantitative estimate of drug-likeness (QED) is 0.700. The number of ketones is 1. The van der Waals surface area contributed by atoms with Crippen molar-refractivity contribution in [2.75, 3.05) is 14.2 Å². The summed E-state index contributed by atoms with van der Waals surface area (Å²) in [6, 6.07) is 0. The van der Waals surface area contributed by atoms with E-state index in [1.165, 1.54) is 14.2 Å². The van der Waals surface area contributed by atoms with Crippen LogP contribution in [-0.2, 0) is 28.5 Å². The Morgan fingerprint density at radius 3 is 2.26 bits per heavy atom. The third-order valence-corrected chi connectivity index (χ3v) is 6.53. The Balaban J connectivity index is 2.48. The summed E-state index contributed by atoms with van der Waals surface area (Å²) in [5.41, 5.74) is 0. The first kappa shape index (κ1) is 22.3. The SMILES string of the molecule is CC[C@H](O)[C@@H]1C(=O)CC[C@H](C(C)C)[C@H]1[C@@H]1O[C@@](C)(OC)[C@](C)(OC)OC1=O. The molecule has 2 fully saturated rings. The minimum atomic E-state index is -1.42. The van der Waals surface area contributed by atoms with Gasteiger partial charge in [0.1, 0.15) is 5.78 Å². The fraction of sp³-hybridized carbons (Fsp3) is 0.900. The summed E-state index contributed by atoms with van der Waals surface area (Å²) in [7, 11) is 2.87. The van der Waals surface area contributed by atoms with E-state index in [9.17, 15) is 14.7 Å². The molecule has 1 aliphatic carbocycles. The summed E-state index contributed by atoms with van der Waals surface area (Å²) >= 11 is 0. The Morgan fingerprint density at radius 1 is 1.19 bits per heavy atom. The van der Waals surface area contributed by atoms with E-state index < -0.39 is 41.6 Å². The summed E-state index contributed by atoms with van der Waals surface area (Å²) in [5, 5.41) is 10.6. The number of Topliss-reactive ketones (excluding diaryl/α,β-unsaturated/α-hetero) is 1. The Bertz CT molecular complexity index is 563. The van der Waals surface area contributed by atoms with Crippen LogP contribution in [0.25, 0.3) is 0 Å². The molecule has 0 radical (unpaired) electrons. The van der Waals surface area contributed by atoms with Gasteiger partial charge in [0.15, 0.2) is 6.10 Å². The topological polar surface area (TPSA) is 91.3 Å². The van der Waals surface area contributed by atoms with E-state index in [0.717, 1.165) is 0 Å². The molecular formula is C20H34O7. The van der Waals surface area contributed by atoms with Crippen LogP contribution in [-0.4, -0.2) is 54.9 Å². The van der Waals surface area contributed by atoms with Gasteiger partial charge in [-0.15, -0.1) is 0 Å². The second-order valence-electron chi connectivity index (χ2n) is 8.25. The van der Waals surface area contributed by atoms with Gasteiger partial charge in [0.2, 0.25) is 5.79 Å². The molecule has 1 heterocycles. The highest BCUT2D eigenvalue weighted by atomic mass is 16.8. The van der Waals surface area contributed by atoms with E-state index in [-0.39, 0.29) is 17.6 Å². The molecule has 0 aromatic rings. The van der Waals surface area contributed by atoms with Gasteiger partial charge in [0.05, 0.1) is 6.10 Å². The maximum Gasteiger partial charge on any atom is 0.338 e. The van der Waals surface area contributed by atoms with E-state index in [1.54, 1.807) is 13.8 Å². The molecule has 0 aromatic carbocycles. The molecule has 1 N–H and O–H groups in total. The number of methoxy groups -OCH3 is 2. The van der Waals surface area contributed by atoms with Gasteiger partial charge in [-0.05, 0) is 31.6 Å². The summed E-state index contributed by atoms with van der Waals surface area (Å²) < 4.78 is 22.7. The van der Waals surface area contributed by atoms with Crippen molar-refractivity contribution in [3.63, 3.8) is 0 Å². The molecule has 7 nitrogen and oxygen atoms in total. The van der Waals surface area contributed by atoms with Gasteiger partial charge in [-0.2, -0.15) is 0 Å². The van der Waals surface area contributed by atoms with Gasteiger partial charge in [-0.1, -0.05) is 20.8 Å². The lowest BCUT2D eigenvalue weighted by Gasteiger charge is -2.52. The molecule has 0 amide bonds. The molecule has 0 unspecified atom stereocenters. The Hall–Kier alpha value is -1.02. The van der Waals surface area contributed by atoms with E-state index >= 15 is 0 Å². The van der Waals surface area contributed by atoms with Crippen LogP contribution < -0.4 is 0 Å². The number of carbonyl (C=O) groups is 2. The monoisotopic (exact) mass is 386 g/mol. The number of esters is 1. The van der Waals surface area contributed by atoms with Crippen molar-refractivity contribution >= 4 is 11.8 Å². The Labute approximate surface area is 161 Å². The van der Waals surface area contributed by atoms with Crippen LogP contribution in [0.2, 0.25) is 0 Å². The molecule has 2 rings (SSSR count). The standard InChI is InChI=1S/C20H34O7/c1-8-13(21)16-14(22)10-9-12(11(2)3)15(16)17-18(23)27-20(5,25-7)19(4,24-6)26-17/h11-13,15-17,21H,8-10H2,1-7H3/t12-,13+,15-,16-,17+,19-,20-/m1/s1. The van der Waals surface area contributed by atoms with Crippen LogP contribution >= 0.6 is 0 Å². The molecule has 7 atom stereocenters. The average molecular weight is 386 g/mol. The lowest BCUT2D eigenvalue weighted by atomic mass is 9.63.